The zero-order valence-electron chi connectivity index (χ0n) is 19.4. The van der Waals surface area contributed by atoms with Crippen molar-refractivity contribution in [2.45, 2.75) is 51.5 Å². The molecule has 1 aliphatic rings. The van der Waals surface area contributed by atoms with Gasteiger partial charge in [-0.1, -0.05) is 69.3 Å². The van der Waals surface area contributed by atoms with Crippen molar-refractivity contribution in [3.63, 3.8) is 0 Å². The zero-order chi connectivity index (χ0) is 24.0. The fourth-order valence-corrected chi connectivity index (χ4v) is 4.40. The van der Waals surface area contributed by atoms with Crippen molar-refractivity contribution < 1.29 is 24.2 Å². The Hall–Kier alpha value is -3.35. The summed E-state index contributed by atoms with van der Waals surface area (Å²) in [5.74, 6) is -1.57. The molecule has 7 heteroatoms. The first kappa shape index (κ1) is 24.3. The lowest BCUT2D eigenvalue weighted by atomic mass is 9.92. The van der Waals surface area contributed by atoms with Gasteiger partial charge in [-0.05, 0) is 41.0 Å². The predicted octanol–water partition coefficient (Wildman–Crippen LogP) is 4.31. The maximum atomic E-state index is 12.4. The third-order valence-electron chi connectivity index (χ3n) is 6.47. The van der Waals surface area contributed by atoms with Crippen molar-refractivity contribution in [3.8, 4) is 11.1 Å². The normalized spacial score (nSPS) is 13.5. The SMILES string of the molecule is CCC(CC)(NC(=O)CC(C)CNC(=O)OCC1c2ccccc2-c2ccccc21)C(=O)O. The van der Waals surface area contributed by atoms with E-state index >= 15 is 0 Å². The minimum atomic E-state index is -1.25. The molecule has 0 saturated carbocycles. The molecule has 0 spiro atoms. The van der Waals surface area contributed by atoms with E-state index in [1.165, 1.54) is 11.1 Å². The zero-order valence-corrected chi connectivity index (χ0v) is 19.4. The third kappa shape index (κ3) is 5.35. The molecule has 0 fully saturated rings. The van der Waals surface area contributed by atoms with E-state index in [4.69, 9.17) is 4.74 Å². The van der Waals surface area contributed by atoms with Crippen molar-refractivity contribution in [2.24, 2.45) is 5.92 Å². The van der Waals surface area contributed by atoms with E-state index in [1.54, 1.807) is 13.8 Å². The van der Waals surface area contributed by atoms with E-state index in [0.717, 1.165) is 11.1 Å². The number of hydrogen-bond donors (Lipinski definition) is 3. The minimum absolute atomic E-state index is 0.0152. The van der Waals surface area contributed by atoms with Crippen LogP contribution in [0, 0.1) is 5.92 Å². The first-order valence-electron chi connectivity index (χ1n) is 11.4. The topological polar surface area (TPSA) is 105 Å². The van der Waals surface area contributed by atoms with Crippen LogP contribution in [0.2, 0.25) is 0 Å². The average molecular weight is 453 g/mol. The number of nitrogens with one attached hydrogen (secondary N) is 2. The van der Waals surface area contributed by atoms with Crippen LogP contribution in [0.25, 0.3) is 11.1 Å². The number of carboxylic acids is 1. The molecule has 0 radical (unpaired) electrons. The van der Waals surface area contributed by atoms with E-state index in [1.807, 2.05) is 31.2 Å². The van der Waals surface area contributed by atoms with E-state index in [9.17, 15) is 19.5 Å². The summed E-state index contributed by atoms with van der Waals surface area (Å²) < 4.78 is 5.51. The second-order valence-corrected chi connectivity index (χ2v) is 8.66. The van der Waals surface area contributed by atoms with Crippen LogP contribution in [0.3, 0.4) is 0 Å². The van der Waals surface area contributed by atoms with Crippen LogP contribution in [0.15, 0.2) is 48.5 Å². The van der Waals surface area contributed by atoms with Crippen molar-refractivity contribution >= 4 is 18.0 Å². The molecule has 2 amide bonds. The number of aliphatic carboxylic acids is 1. The summed E-state index contributed by atoms with van der Waals surface area (Å²) in [6.45, 7) is 5.77. The first-order chi connectivity index (χ1) is 15.8. The van der Waals surface area contributed by atoms with Gasteiger partial charge in [0.1, 0.15) is 12.1 Å². The molecule has 1 unspecified atom stereocenters. The number of carboxylic acid groups (broad SMARTS) is 1. The van der Waals surface area contributed by atoms with Crippen molar-refractivity contribution in [2.75, 3.05) is 13.2 Å². The number of benzene rings is 2. The van der Waals surface area contributed by atoms with Crippen LogP contribution in [0.5, 0.6) is 0 Å². The molecule has 3 N–H and O–H groups in total. The minimum Gasteiger partial charge on any atom is -0.480 e. The van der Waals surface area contributed by atoms with Crippen LogP contribution >= 0.6 is 0 Å². The number of amides is 2. The van der Waals surface area contributed by atoms with Gasteiger partial charge in [-0.3, -0.25) is 4.79 Å². The molecule has 0 heterocycles. The quantitative estimate of drug-likeness (QED) is 0.498. The first-order valence-corrected chi connectivity index (χ1v) is 11.4. The highest BCUT2D eigenvalue weighted by atomic mass is 16.5. The Labute approximate surface area is 194 Å². The second-order valence-electron chi connectivity index (χ2n) is 8.66. The molecular weight excluding hydrogens is 420 g/mol. The Balaban J connectivity index is 1.49. The summed E-state index contributed by atoms with van der Waals surface area (Å²) in [6, 6.07) is 16.3. The molecule has 3 rings (SSSR count). The number of ether oxygens (including phenoxy) is 1. The molecular formula is C26H32N2O5. The van der Waals surface area contributed by atoms with Crippen LogP contribution in [0.4, 0.5) is 4.79 Å². The Morgan fingerprint density at radius 3 is 2.06 bits per heavy atom. The molecule has 2 aromatic rings. The standard InChI is InChI=1S/C26H32N2O5/c1-4-26(5-2,24(30)31)28-23(29)14-17(3)15-27-25(32)33-16-22-20-12-8-6-10-18(20)19-11-7-9-13-21(19)22/h6-13,17,22H,4-5,14-16H2,1-3H3,(H,27,32)(H,28,29)(H,30,31). The van der Waals surface area contributed by atoms with Gasteiger partial charge in [-0.25, -0.2) is 9.59 Å². The summed E-state index contributed by atoms with van der Waals surface area (Å²) in [7, 11) is 0. The number of carbonyl (C=O) groups is 3. The molecule has 176 valence electrons. The van der Waals surface area contributed by atoms with Gasteiger partial charge in [0.25, 0.3) is 0 Å². The molecule has 33 heavy (non-hydrogen) atoms. The Bertz CT molecular complexity index is 970. The van der Waals surface area contributed by atoms with Crippen molar-refractivity contribution in [1.82, 2.24) is 10.6 Å². The molecule has 0 saturated heterocycles. The summed E-state index contributed by atoms with van der Waals surface area (Å²) in [5, 5.41) is 14.8. The van der Waals surface area contributed by atoms with E-state index < -0.39 is 17.6 Å². The maximum Gasteiger partial charge on any atom is 0.407 e. The monoisotopic (exact) mass is 452 g/mol. The highest BCUT2D eigenvalue weighted by Gasteiger charge is 2.36. The fraction of sp³-hybridized carbons (Fsp3) is 0.423. The smallest absolute Gasteiger partial charge is 0.407 e. The molecule has 1 atom stereocenters. The van der Waals surface area contributed by atoms with Gasteiger partial charge in [-0.2, -0.15) is 0 Å². The number of rotatable bonds is 10. The van der Waals surface area contributed by atoms with Gasteiger partial charge in [0.15, 0.2) is 0 Å². The summed E-state index contributed by atoms with van der Waals surface area (Å²) in [6.07, 6.45) is 0.179. The van der Waals surface area contributed by atoms with Gasteiger partial charge in [0.2, 0.25) is 5.91 Å². The summed E-state index contributed by atoms with van der Waals surface area (Å²) >= 11 is 0. The lowest BCUT2D eigenvalue weighted by Gasteiger charge is -2.28. The largest absolute Gasteiger partial charge is 0.480 e. The van der Waals surface area contributed by atoms with Crippen LogP contribution in [0.1, 0.15) is 57.1 Å². The fourth-order valence-electron chi connectivity index (χ4n) is 4.40. The second kappa shape index (κ2) is 10.5. The average Bonchev–Trinajstić information content (AvgIpc) is 3.13. The summed E-state index contributed by atoms with van der Waals surface area (Å²) in [5.41, 5.74) is 3.36. The number of fused-ring (bicyclic) bond motifs is 3. The summed E-state index contributed by atoms with van der Waals surface area (Å²) in [4.78, 5) is 36.2. The highest BCUT2D eigenvalue weighted by molar-refractivity contribution is 5.87. The van der Waals surface area contributed by atoms with Gasteiger partial charge in [0.05, 0.1) is 0 Å². The van der Waals surface area contributed by atoms with Gasteiger partial charge < -0.3 is 20.5 Å². The van der Waals surface area contributed by atoms with E-state index in [0.29, 0.717) is 12.8 Å². The number of alkyl carbamates (subject to hydrolysis) is 1. The predicted molar refractivity (Wildman–Crippen MR) is 126 cm³/mol. The molecule has 0 aromatic heterocycles. The highest BCUT2D eigenvalue weighted by Crippen LogP contribution is 2.44. The van der Waals surface area contributed by atoms with Crippen LogP contribution in [-0.2, 0) is 14.3 Å². The van der Waals surface area contributed by atoms with Crippen molar-refractivity contribution in [1.29, 1.82) is 0 Å². The van der Waals surface area contributed by atoms with Crippen LogP contribution in [-0.4, -0.2) is 41.8 Å². The molecule has 1 aliphatic carbocycles. The van der Waals surface area contributed by atoms with Gasteiger partial charge in [0, 0.05) is 18.9 Å². The van der Waals surface area contributed by atoms with E-state index in [-0.39, 0.29) is 37.3 Å². The lowest BCUT2D eigenvalue weighted by molar-refractivity contribution is -0.148. The molecule has 7 nitrogen and oxygen atoms in total. The molecule has 0 aliphatic heterocycles. The number of carbonyl (C=O) groups excluding carboxylic acids is 2. The Morgan fingerprint density at radius 1 is 1.00 bits per heavy atom. The van der Waals surface area contributed by atoms with Crippen molar-refractivity contribution in [3.05, 3.63) is 59.7 Å². The van der Waals surface area contributed by atoms with Gasteiger partial charge in [-0.15, -0.1) is 0 Å². The lowest BCUT2D eigenvalue weighted by Crippen LogP contribution is -2.54. The molecule has 2 aromatic carbocycles. The third-order valence-corrected chi connectivity index (χ3v) is 6.47. The van der Waals surface area contributed by atoms with E-state index in [2.05, 4.69) is 34.9 Å². The molecule has 0 bridgehead atoms. The number of hydrogen-bond acceptors (Lipinski definition) is 4. The van der Waals surface area contributed by atoms with Gasteiger partial charge >= 0.3 is 12.1 Å². The Kier molecular flexibility index (Phi) is 7.74. The maximum absolute atomic E-state index is 12.4. The Morgan fingerprint density at radius 2 is 1.55 bits per heavy atom. The van der Waals surface area contributed by atoms with Crippen LogP contribution < -0.4 is 10.6 Å².